The number of fused-ring (bicyclic) bond motifs is 5. The van der Waals surface area contributed by atoms with Crippen molar-refractivity contribution in [1.82, 2.24) is 0 Å². The molecule has 3 saturated carbocycles. The lowest BCUT2D eigenvalue weighted by molar-refractivity contribution is -0.183. The molecule has 6 nitrogen and oxygen atoms in total. The zero-order chi connectivity index (χ0) is 25.5. The Morgan fingerprint density at radius 2 is 1.69 bits per heavy atom. The summed E-state index contributed by atoms with van der Waals surface area (Å²) in [5, 5.41) is 0. The van der Waals surface area contributed by atoms with Gasteiger partial charge in [-0.3, -0.25) is 14.4 Å². The van der Waals surface area contributed by atoms with Crippen molar-refractivity contribution < 1.29 is 28.6 Å². The second kappa shape index (κ2) is 9.89. The van der Waals surface area contributed by atoms with Crippen molar-refractivity contribution in [2.75, 3.05) is 7.11 Å². The van der Waals surface area contributed by atoms with E-state index < -0.39 is 0 Å². The number of methoxy groups -OCH3 is 1. The molecule has 0 aliphatic heterocycles. The lowest BCUT2D eigenvalue weighted by atomic mass is 9.45. The van der Waals surface area contributed by atoms with E-state index in [1.807, 2.05) is 0 Å². The van der Waals surface area contributed by atoms with Gasteiger partial charge >= 0.3 is 17.9 Å². The number of carbonyl (C=O) groups excluding carboxylic acids is 3. The summed E-state index contributed by atoms with van der Waals surface area (Å²) in [4.78, 5) is 35.7. The zero-order valence-electron chi connectivity index (χ0n) is 22.4. The predicted octanol–water partition coefficient (Wildman–Crippen LogP) is 5.48. The second-order valence-corrected chi connectivity index (χ2v) is 12.3. The number of esters is 3. The van der Waals surface area contributed by atoms with Crippen molar-refractivity contribution in [3.8, 4) is 0 Å². The van der Waals surface area contributed by atoms with Crippen molar-refractivity contribution >= 4 is 17.9 Å². The smallest absolute Gasteiger partial charge is 0.305 e. The lowest BCUT2D eigenvalue weighted by Gasteiger charge is -2.61. The summed E-state index contributed by atoms with van der Waals surface area (Å²) >= 11 is 0. The van der Waals surface area contributed by atoms with Crippen LogP contribution in [0.3, 0.4) is 0 Å². The second-order valence-electron chi connectivity index (χ2n) is 12.3. The monoisotopic (exact) mass is 488 g/mol. The maximum absolute atomic E-state index is 12.3. The summed E-state index contributed by atoms with van der Waals surface area (Å²) in [6.45, 7) is 10.1. The first kappa shape index (κ1) is 26.2. The quantitative estimate of drug-likeness (QED) is 0.280. The van der Waals surface area contributed by atoms with E-state index in [1.165, 1.54) is 21.0 Å². The van der Waals surface area contributed by atoms with Gasteiger partial charge in [0, 0.05) is 25.7 Å². The Hall–Kier alpha value is -1.85. The Morgan fingerprint density at radius 3 is 2.34 bits per heavy atom. The van der Waals surface area contributed by atoms with Gasteiger partial charge in [-0.05, 0) is 85.9 Å². The van der Waals surface area contributed by atoms with Crippen LogP contribution in [-0.2, 0) is 28.6 Å². The highest BCUT2D eigenvalue weighted by molar-refractivity contribution is 5.69. The number of carbonyl (C=O) groups is 3. The highest BCUT2D eigenvalue weighted by Gasteiger charge is 2.64. The standard InChI is InChI=1S/C29H44O6/c1-17(7-12-27(32)33-6)23-10-11-24-22-9-8-20-15-21(34-18(2)30)13-14-28(20,4)25(22)16-26(29(23,24)5)35-19(3)31/h8-9,17,20-26H,7,10-16H2,1-6H3/t17-,20+,21+,22-,23+,24-,25-,26-,28-,29+/m0/s1. The molecule has 35 heavy (non-hydrogen) atoms. The third kappa shape index (κ3) is 4.67. The van der Waals surface area contributed by atoms with E-state index in [9.17, 15) is 14.4 Å². The summed E-state index contributed by atoms with van der Waals surface area (Å²) in [6.07, 6.45) is 11.9. The number of ether oxygens (including phenoxy) is 3. The van der Waals surface area contributed by atoms with E-state index in [0.29, 0.717) is 41.9 Å². The Kier molecular flexibility index (Phi) is 7.41. The number of rotatable bonds is 6. The van der Waals surface area contributed by atoms with Gasteiger partial charge in [0.25, 0.3) is 0 Å². The molecule has 0 unspecified atom stereocenters. The first-order valence-corrected chi connectivity index (χ1v) is 13.6. The maximum Gasteiger partial charge on any atom is 0.305 e. The Bertz CT molecular complexity index is 865. The van der Waals surface area contributed by atoms with Crippen molar-refractivity contribution in [2.24, 2.45) is 46.3 Å². The molecule has 4 aliphatic rings. The van der Waals surface area contributed by atoms with Crippen LogP contribution in [0.25, 0.3) is 0 Å². The average molecular weight is 489 g/mol. The normalized spacial score (nSPS) is 42.7. The molecule has 0 aromatic rings. The molecule has 0 amide bonds. The van der Waals surface area contributed by atoms with Crippen LogP contribution in [0.1, 0.15) is 86.0 Å². The zero-order valence-corrected chi connectivity index (χ0v) is 22.4. The van der Waals surface area contributed by atoms with Crippen LogP contribution in [0, 0.1) is 46.3 Å². The van der Waals surface area contributed by atoms with Gasteiger partial charge in [-0.2, -0.15) is 0 Å². The summed E-state index contributed by atoms with van der Waals surface area (Å²) < 4.78 is 16.6. The van der Waals surface area contributed by atoms with Gasteiger partial charge in [0.2, 0.25) is 0 Å². The van der Waals surface area contributed by atoms with E-state index in [-0.39, 0.29) is 40.9 Å². The molecule has 0 bridgehead atoms. The van der Waals surface area contributed by atoms with Gasteiger partial charge in [-0.15, -0.1) is 0 Å². The van der Waals surface area contributed by atoms with Gasteiger partial charge in [0.1, 0.15) is 12.2 Å². The molecule has 3 fully saturated rings. The molecular weight excluding hydrogens is 444 g/mol. The Balaban J connectivity index is 1.61. The van der Waals surface area contributed by atoms with Gasteiger partial charge < -0.3 is 14.2 Å². The Labute approximate surface area is 210 Å². The molecule has 0 saturated heterocycles. The van der Waals surface area contributed by atoms with Crippen LogP contribution in [-0.4, -0.2) is 37.2 Å². The average Bonchev–Trinajstić information content (AvgIpc) is 3.16. The van der Waals surface area contributed by atoms with Crippen LogP contribution in [0.2, 0.25) is 0 Å². The third-order valence-corrected chi connectivity index (χ3v) is 10.6. The molecule has 0 aromatic heterocycles. The molecule has 0 N–H and O–H groups in total. The molecule has 10 atom stereocenters. The maximum atomic E-state index is 12.3. The molecule has 4 rings (SSSR count). The van der Waals surface area contributed by atoms with Crippen LogP contribution in [0.15, 0.2) is 12.2 Å². The van der Waals surface area contributed by atoms with E-state index in [2.05, 4.69) is 32.9 Å². The van der Waals surface area contributed by atoms with Crippen molar-refractivity contribution in [3.05, 3.63) is 12.2 Å². The van der Waals surface area contributed by atoms with Crippen molar-refractivity contribution in [1.29, 1.82) is 0 Å². The molecule has 0 spiro atoms. The fraction of sp³-hybridized carbons (Fsp3) is 0.828. The van der Waals surface area contributed by atoms with Crippen LogP contribution in [0.4, 0.5) is 0 Å². The molecule has 0 heterocycles. The highest BCUT2D eigenvalue weighted by Crippen LogP contribution is 2.67. The molecule has 196 valence electrons. The molecule has 6 heteroatoms. The van der Waals surface area contributed by atoms with Gasteiger partial charge in [-0.25, -0.2) is 0 Å². The van der Waals surface area contributed by atoms with Crippen LogP contribution in [0.5, 0.6) is 0 Å². The number of hydrogen-bond acceptors (Lipinski definition) is 6. The van der Waals surface area contributed by atoms with E-state index in [4.69, 9.17) is 14.2 Å². The minimum absolute atomic E-state index is 0.00332. The number of allylic oxidation sites excluding steroid dienone is 2. The Morgan fingerprint density at radius 1 is 0.971 bits per heavy atom. The van der Waals surface area contributed by atoms with Gasteiger partial charge in [0.15, 0.2) is 0 Å². The first-order valence-electron chi connectivity index (χ1n) is 13.6. The highest BCUT2D eigenvalue weighted by atomic mass is 16.5. The third-order valence-electron chi connectivity index (χ3n) is 10.6. The van der Waals surface area contributed by atoms with Gasteiger partial charge in [-0.1, -0.05) is 32.9 Å². The van der Waals surface area contributed by atoms with Crippen LogP contribution >= 0.6 is 0 Å². The van der Waals surface area contributed by atoms with E-state index >= 15 is 0 Å². The van der Waals surface area contributed by atoms with Crippen LogP contribution < -0.4 is 0 Å². The first-order chi connectivity index (χ1) is 16.5. The lowest BCUT2D eigenvalue weighted by Crippen LogP contribution is -2.58. The number of hydrogen-bond donors (Lipinski definition) is 0. The summed E-state index contributed by atoms with van der Waals surface area (Å²) in [5.41, 5.74) is 0.00916. The summed E-state index contributed by atoms with van der Waals surface area (Å²) in [6, 6.07) is 0. The van der Waals surface area contributed by atoms with E-state index in [1.54, 1.807) is 0 Å². The SMILES string of the molecule is COC(=O)CC[C@H](C)[C@H]1CC[C@H]2[C@@H]3C=C[C@@H]4C[C@H](OC(C)=O)CC[C@]4(C)[C@H]3C[C@H](OC(C)=O)[C@]12C. The molecule has 0 aromatic carbocycles. The molecular formula is C29H44O6. The molecule has 4 aliphatic carbocycles. The summed E-state index contributed by atoms with van der Waals surface area (Å²) in [5.74, 6) is 1.95. The van der Waals surface area contributed by atoms with Crippen molar-refractivity contribution in [3.63, 3.8) is 0 Å². The largest absolute Gasteiger partial charge is 0.469 e. The fourth-order valence-electron chi connectivity index (χ4n) is 8.85. The van der Waals surface area contributed by atoms with Gasteiger partial charge in [0.05, 0.1) is 7.11 Å². The van der Waals surface area contributed by atoms with E-state index in [0.717, 1.165) is 44.9 Å². The van der Waals surface area contributed by atoms with Crippen molar-refractivity contribution in [2.45, 2.75) is 98.2 Å². The fourth-order valence-corrected chi connectivity index (χ4v) is 8.85. The minimum Gasteiger partial charge on any atom is -0.469 e. The molecule has 0 radical (unpaired) electrons. The predicted molar refractivity (Wildman–Crippen MR) is 132 cm³/mol. The minimum atomic E-state index is -0.201. The summed E-state index contributed by atoms with van der Waals surface area (Å²) in [7, 11) is 1.45. The topological polar surface area (TPSA) is 78.9 Å².